The van der Waals surface area contributed by atoms with Gasteiger partial charge in [0.1, 0.15) is 17.7 Å². The number of pyridine rings is 1. The second-order valence-electron chi connectivity index (χ2n) is 5.81. The molecule has 0 aliphatic heterocycles. The van der Waals surface area contributed by atoms with Crippen molar-refractivity contribution in [3.05, 3.63) is 51.6 Å². The molecule has 4 nitrogen and oxygen atoms in total. The summed E-state index contributed by atoms with van der Waals surface area (Å²) in [6.45, 7) is 9.41. The fourth-order valence-corrected chi connectivity index (χ4v) is 2.74. The predicted octanol–water partition coefficient (Wildman–Crippen LogP) is 5.57. The van der Waals surface area contributed by atoms with Crippen LogP contribution in [0.4, 0.5) is 14.5 Å². The largest absolute Gasteiger partial charge is 0.469 e. The quantitative estimate of drug-likeness (QED) is 0.429. The van der Waals surface area contributed by atoms with Gasteiger partial charge in [0.15, 0.2) is 0 Å². The summed E-state index contributed by atoms with van der Waals surface area (Å²) in [6, 6.07) is 5.14. The number of nitrogens with zero attached hydrogens (tertiary/aromatic N) is 3. The van der Waals surface area contributed by atoms with Gasteiger partial charge in [-0.3, -0.25) is 0 Å². The van der Waals surface area contributed by atoms with E-state index in [1.54, 1.807) is 13.3 Å². The number of rotatable bonds is 7. The molecule has 0 fully saturated rings. The minimum Gasteiger partial charge on any atom is -0.469 e. The Kier molecular flexibility index (Phi) is 7.08. The molecule has 0 aliphatic carbocycles. The first kappa shape index (κ1) is 20.3. The van der Waals surface area contributed by atoms with Crippen LogP contribution in [0.25, 0.3) is 0 Å². The molecular weight excluding hydrogens is 404 g/mol. The van der Waals surface area contributed by atoms with Crippen molar-refractivity contribution in [1.82, 2.24) is 9.88 Å². The Morgan fingerprint density at radius 2 is 1.81 bits per heavy atom. The van der Waals surface area contributed by atoms with Crippen LogP contribution in [-0.4, -0.2) is 29.3 Å². The number of hydrogen-bond acceptors (Lipinski definition) is 3. The van der Waals surface area contributed by atoms with Gasteiger partial charge in [0.2, 0.25) is 5.88 Å². The highest BCUT2D eigenvalue weighted by atomic mass is 79.9. The van der Waals surface area contributed by atoms with Gasteiger partial charge < -0.3 is 9.64 Å². The van der Waals surface area contributed by atoms with Crippen LogP contribution in [0.3, 0.4) is 0 Å². The van der Waals surface area contributed by atoms with Gasteiger partial charge in [-0.25, -0.2) is 18.8 Å². The fraction of sp³-hybridized carbons (Fsp3) is 0.368. The zero-order chi connectivity index (χ0) is 19.3. The summed E-state index contributed by atoms with van der Waals surface area (Å²) < 4.78 is 33.2. The Labute approximate surface area is 161 Å². The van der Waals surface area contributed by atoms with Gasteiger partial charge in [-0.15, -0.1) is 0 Å². The molecule has 0 N–H and O–H groups in total. The van der Waals surface area contributed by atoms with E-state index in [0.717, 1.165) is 24.8 Å². The Morgan fingerprint density at radius 1 is 1.19 bits per heavy atom. The molecule has 0 spiro atoms. The normalized spacial score (nSPS) is 12.4. The average Bonchev–Trinajstić information content (AvgIpc) is 2.58. The van der Waals surface area contributed by atoms with Crippen LogP contribution >= 0.6 is 15.9 Å². The van der Waals surface area contributed by atoms with Gasteiger partial charge in [-0.1, -0.05) is 0 Å². The van der Waals surface area contributed by atoms with E-state index in [2.05, 4.69) is 44.7 Å². The maximum Gasteiger partial charge on any atom is 0.228 e. The van der Waals surface area contributed by atoms with Gasteiger partial charge >= 0.3 is 0 Å². The zero-order valence-corrected chi connectivity index (χ0v) is 16.8. The molecule has 0 saturated heterocycles. The van der Waals surface area contributed by atoms with Crippen molar-refractivity contribution in [2.75, 3.05) is 13.1 Å². The topological polar surface area (TPSA) is 37.7 Å². The molecule has 1 aromatic carbocycles. The first-order valence-corrected chi connectivity index (χ1v) is 9.21. The number of aromatic nitrogens is 1. The highest BCUT2D eigenvalue weighted by molar-refractivity contribution is 9.10. The van der Waals surface area contributed by atoms with Crippen LogP contribution in [0.15, 0.2) is 33.7 Å². The summed E-state index contributed by atoms with van der Waals surface area (Å²) in [5.41, 5.74) is 1.82. The number of halogens is 3. The molecule has 0 radical (unpaired) electrons. The number of aryl methyl sites for hydroxylation is 1. The molecule has 1 aromatic heterocycles. The van der Waals surface area contributed by atoms with Crippen LogP contribution in [0.2, 0.25) is 0 Å². The van der Waals surface area contributed by atoms with Crippen molar-refractivity contribution in [3.8, 4) is 5.88 Å². The Bertz CT molecular complexity index is 774. The standard InChI is InChI=1S/C19H22BrF2N3O/c1-5-25(6-2)11-23-18-10-17(20)19(24-12(18)3)26-13(4)14-7-15(21)9-16(22)8-14/h7-11,13H,5-6H2,1-4H3/b23-11+. The van der Waals surface area contributed by atoms with Crippen molar-refractivity contribution < 1.29 is 13.5 Å². The molecule has 7 heteroatoms. The maximum absolute atomic E-state index is 13.4. The molecule has 0 bridgehead atoms. The number of aliphatic imine (C=N–C) groups is 1. The van der Waals surface area contributed by atoms with E-state index in [9.17, 15) is 8.78 Å². The third kappa shape index (κ3) is 5.24. The summed E-state index contributed by atoms with van der Waals surface area (Å²) in [7, 11) is 0. The number of ether oxygens (including phenoxy) is 1. The van der Waals surface area contributed by atoms with Crippen LogP contribution in [0.5, 0.6) is 5.88 Å². The Balaban J connectivity index is 2.21. The van der Waals surface area contributed by atoms with Gasteiger partial charge in [0, 0.05) is 19.2 Å². The molecule has 2 aromatic rings. The van der Waals surface area contributed by atoms with Gasteiger partial charge in [0.05, 0.1) is 22.2 Å². The lowest BCUT2D eigenvalue weighted by Crippen LogP contribution is -2.20. The third-order valence-electron chi connectivity index (χ3n) is 3.92. The highest BCUT2D eigenvalue weighted by Gasteiger charge is 2.15. The van der Waals surface area contributed by atoms with Crippen LogP contribution < -0.4 is 4.74 Å². The van der Waals surface area contributed by atoms with E-state index in [-0.39, 0.29) is 0 Å². The second kappa shape index (κ2) is 9.07. The van der Waals surface area contributed by atoms with Crippen LogP contribution in [0.1, 0.15) is 38.1 Å². The van der Waals surface area contributed by atoms with Crippen molar-refractivity contribution in [1.29, 1.82) is 0 Å². The molecule has 26 heavy (non-hydrogen) atoms. The molecule has 0 saturated carbocycles. The lowest BCUT2D eigenvalue weighted by Gasteiger charge is -2.17. The zero-order valence-electron chi connectivity index (χ0n) is 15.3. The lowest BCUT2D eigenvalue weighted by atomic mass is 10.1. The van der Waals surface area contributed by atoms with Gasteiger partial charge in [-0.2, -0.15) is 0 Å². The molecule has 140 valence electrons. The van der Waals surface area contributed by atoms with Gasteiger partial charge in [0.25, 0.3) is 0 Å². The lowest BCUT2D eigenvalue weighted by molar-refractivity contribution is 0.214. The first-order valence-electron chi connectivity index (χ1n) is 8.42. The monoisotopic (exact) mass is 425 g/mol. The maximum atomic E-state index is 13.4. The molecule has 2 rings (SSSR count). The molecule has 1 unspecified atom stereocenters. The number of hydrogen-bond donors (Lipinski definition) is 0. The van der Waals surface area contributed by atoms with E-state index < -0.39 is 17.7 Å². The smallest absolute Gasteiger partial charge is 0.228 e. The van der Waals surface area contributed by atoms with Crippen molar-refractivity contribution in [3.63, 3.8) is 0 Å². The minimum atomic E-state index is -0.639. The molecule has 0 amide bonds. The average molecular weight is 426 g/mol. The van der Waals surface area contributed by atoms with E-state index >= 15 is 0 Å². The Morgan fingerprint density at radius 3 is 2.38 bits per heavy atom. The summed E-state index contributed by atoms with van der Waals surface area (Å²) >= 11 is 3.43. The first-order chi connectivity index (χ1) is 12.3. The molecular formula is C19H22BrF2N3O. The van der Waals surface area contributed by atoms with E-state index in [4.69, 9.17) is 4.74 Å². The summed E-state index contributed by atoms with van der Waals surface area (Å²) in [5.74, 6) is -0.930. The molecule has 1 atom stereocenters. The molecule has 1 heterocycles. The van der Waals surface area contributed by atoms with Gasteiger partial charge in [-0.05, 0) is 67.4 Å². The number of benzene rings is 1. The van der Waals surface area contributed by atoms with Crippen LogP contribution in [-0.2, 0) is 0 Å². The minimum absolute atomic E-state index is 0.349. The fourth-order valence-electron chi connectivity index (χ4n) is 2.34. The molecule has 0 aliphatic rings. The van der Waals surface area contributed by atoms with Crippen LogP contribution in [0, 0.1) is 18.6 Å². The van der Waals surface area contributed by atoms with E-state index in [0.29, 0.717) is 21.6 Å². The predicted molar refractivity (Wildman–Crippen MR) is 103 cm³/mol. The van der Waals surface area contributed by atoms with Crippen molar-refractivity contribution in [2.45, 2.75) is 33.8 Å². The second-order valence-corrected chi connectivity index (χ2v) is 6.66. The van der Waals surface area contributed by atoms with Crippen molar-refractivity contribution >= 4 is 28.0 Å². The van der Waals surface area contributed by atoms with Crippen molar-refractivity contribution in [2.24, 2.45) is 4.99 Å². The summed E-state index contributed by atoms with van der Waals surface area (Å²) in [4.78, 5) is 11.0. The summed E-state index contributed by atoms with van der Waals surface area (Å²) in [5, 5.41) is 0. The Hall–Kier alpha value is -2.02. The summed E-state index contributed by atoms with van der Waals surface area (Å²) in [6.07, 6.45) is 1.23. The SMILES string of the molecule is CCN(/C=N/c1cc(Br)c(OC(C)c2cc(F)cc(F)c2)nc1C)CC. The van der Waals surface area contributed by atoms with E-state index in [1.807, 2.05) is 13.0 Å². The highest BCUT2D eigenvalue weighted by Crippen LogP contribution is 2.32. The van der Waals surface area contributed by atoms with E-state index in [1.165, 1.54) is 12.1 Å². The third-order valence-corrected chi connectivity index (χ3v) is 4.49.